The van der Waals surface area contributed by atoms with E-state index in [1.165, 1.54) is 16.8 Å². The highest BCUT2D eigenvalue weighted by Gasteiger charge is 2.07. The molecular weight excluding hydrogens is 252 g/mol. The number of hydrogen-bond donors (Lipinski definition) is 1. The van der Waals surface area contributed by atoms with Crippen molar-refractivity contribution in [3.8, 4) is 0 Å². The first kappa shape index (κ1) is 14.1. The second-order valence-corrected chi connectivity index (χ2v) is 5.61. The van der Waals surface area contributed by atoms with E-state index in [9.17, 15) is 0 Å². The van der Waals surface area contributed by atoms with Crippen molar-refractivity contribution in [3.63, 3.8) is 0 Å². The average molecular weight is 274 g/mol. The molecule has 2 nitrogen and oxygen atoms in total. The average Bonchev–Trinajstić information content (AvgIpc) is 2.94. The summed E-state index contributed by atoms with van der Waals surface area (Å²) in [6, 6.07) is 11.5. The van der Waals surface area contributed by atoms with Gasteiger partial charge in [0.25, 0.3) is 0 Å². The van der Waals surface area contributed by atoms with E-state index in [2.05, 4.69) is 65.3 Å². The second-order valence-electron chi connectivity index (χ2n) is 4.83. The van der Waals surface area contributed by atoms with Gasteiger partial charge in [0, 0.05) is 25.3 Å². The van der Waals surface area contributed by atoms with E-state index in [4.69, 9.17) is 0 Å². The molecule has 1 aromatic carbocycles. The zero-order valence-electron chi connectivity index (χ0n) is 11.9. The molecule has 19 heavy (non-hydrogen) atoms. The fraction of sp³-hybridized carbons (Fsp3) is 0.375. The molecule has 0 aliphatic heterocycles. The lowest BCUT2D eigenvalue weighted by Crippen LogP contribution is -2.17. The van der Waals surface area contributed by atoms with E-state index >= 15 is 0 Å². The lowest BCUT2D eigenvalue weighted by molar-refractivity contribution is 0.577. The van der Waals surface area contributed by atoms with Crippen molar-refractivity contribution < 1.29 is 0 Å². The lowest BCUT2D eigenvalue weighted by atomic mass is 10.0. The molecule has 0 bridgehead atoms. The van der Waals surface area contributed by atoms with Crippen LogP contribution in [0.5, 0.6) is 0 Å². The Bertz CT molecular complexity index is 472. The standard InChI is InChI=1S/C16H22N2S/c1-4-16(17-2)14-5-7-15(8-6-14)18(3)11-13-9-10-19-12-13/h5-10,12,16-17H,4,11H2,1-3H3. The maximum atomic E-state index is 3.34. The highest BCUT2D eigenvalue weighted by atomic mass is 32.1. The van der Waals surface area contributed by atoms with Crippen LogP contribution in [0.25, 0.3) is 0 Å². The molecular formula is C16H22N2S. The predicted molar refractivity (Wildman–Crippen MR) is 85.0 cm³/mol. The maximum Gasteiger partial charge on any atom is 0.0434 e. The van der Waals surface area contributed by atoms with Crippen molar-refractivity contribution in [1.29, 1.82) is 0 Å². The smallest absolute Gasteiger partial charge is 0.0434 e. The molecule has 0 aliphatic carbocycles. The van der Waals surface area contributed by atoms with E-state index < -0.39 is 0 Å². The van der Waals surface area contributed by atoms with Crippen molar-refractivity contribution in [3.05, 3.63) is 52.2 Å². The summed E-state index contributed by atoms with van der Waals surface area (Å²) in [6.07, 6.45) is 1.11. The Hall–Kier alpha value is -1.32. The normalized spacial score (nSPS) is 12.4. The quantitative estimate of drug-likeness (QED) is 0.854. The first-order chi connectivity index (χ1) is 9.24. The van der Waals surface area contributed by atoms with Crippen LogP contribution in [0.3, 0.4) is 0 Å². The molecule has 0 saturated heterocycles. The van der Waals surface area contributed by atoms with Gasteiger partial charge in [-0.25, -0.2) is 0 Å². The summed E-state index contributed by atoms with van der Waals surface area (Å²) in [6.45, 7) is 3.17. The Kier molecular flexibility index (Phi) is 5.00. The largest absolute Gasteiger partial charge is 0.370 e. The van der Waals surface area contributed by atoms with E-state index in [1.807, 2.05) is 7.05 Å². The Balaban J connectivity index is 2.05. The van der Waals surface area contributed by atoms with Crippen molar-refractivity contribution in [2.75, 3.05) is 19.0 Å². The SMILES string of the molecule is CCC(NC)c1ccc(N(C)Cc2ccsc2)cc1. The molecule has 0 spiro atoms. The zero-order chi connectivity index (χ0) is 13.7. The van der Waals surface area contributed by atoms with Crippen molar-refractivity contribution >= 4 is 17.0 Å². The van der Waals surface area contributed by atoms with Gasteiger partial charge in [0.05, 0.1) is 0 Å². The molecule has 102 valence electrons. The van der Waals surface area contributed by atoms with Crippen LogP contribution in [-0.4, -0.2) is 14.1 Å². The lowest BCUT2D eigenvalue weighted by Gasteiger charge is -2.20. The molecule has 3 heteroatoms. The van der Waals surface area contributed by atoms with Gasteiger partial charge in [0.15, 0.2) is 0 Å². The minimum absolute atomic E-state index is 0.455. The van der Waals surface area contributed by atoms with Crippen LogP contribution in [-0.2, 0) is 6.54 Å². The minimum atomic E-state index is 0.455. The highest BCUT2D eigenvalue weighted by Crippen LogP contribution is 2.21. The Morgan fingerprint density at radius 1 is 1.21 bits per heavy atom. The molecule has 2 aromatic rings. The summed E-state index contributed by atoms with van der Waals surface area (Å²) in [4.78, 5) is 2.28. The van der Waals surface area contributed by atoms with Gasteiger partial charge in [0.2, 0.25) is 0 Å². The number of nitrogens with one attached hydrogen (secondary N) is 1. The molecule has 0 fully saturated rings. The molecule has 1 heterocycles. The molecule has 0 amide bonds. The molecule has 2 rings (SSSR count). The molecule has 1 unspecified atom stereocenters. The highest BCUT2D eigenvalue weighted by molar-refractivity contribution is 7.07. The summed E-state index contributed by atoms with van der Waals surface area (Å²) in [5.74, 6) is 0. The summed E-state index contributed by atoms with van der Waals surface area (Å²) in [5, 5.41) is 7.68. The van der Waals surface area contributed by atoms with Crippen LogP contribution in [0.4, 0.5) is 5.69 Å². The van der Waals surface area contributed by atoms with E-state index in [0.717, 1.165) is 13.0 Å². The van der Waals surface area contributed by atoms with Gasteiger partial charge in [0.1, 0.15) is 0 Å². The summed E-state index contributed by atoms with van der Waals surface area (Å²) >= 11 is 1.75. The topological polar surface area (TPSA) is 15.3 Å². The van der Waals surface area contributed by atoms with Crippen LogP contribution >= 0.6 is 11.3 Å². The number of thiophene rings is 1. The van der Waals surface area contributed by atoms with Crippen LogP contribution < -0.4 is 10.2 Å². The monoisotopic (exact) mass is 274 g/mol. The van der Waals surface area contributed by atoms with E-state index in [1.54, 1.807) is 11.3 Å². The number of nitrogens with zero attached hydrogens (tertiary/aromatic N) is 1. The van der Waals surface area contributed by atoms with Crippen molar-refractivity contribution in [2.45, 2.75) is 25.9 Å². The minimum Gasteiger partial charge on any atom is -0.370 e. The first-order valence-corrected chi connectivity index (χ1v) is 7.68. The van der Waals surface area contributed by atoms with Gasteiger partial charge in [-0.2, -0.15) is 11.3 Å². The first-order valence-electron chi connectivity index (χ1n) is 6.74. The summed E-state index contributed by atoms with van der Waals surface area (Å²) in [7, 11) is 4.16. The van der Waals surface area contributed by atoms with Gasteiger partial charge in [-0.05, 0) is 53.6 Å². The zero-order valence-corrected chi connectivity index (χ0v) is 12.7. The molecule has 1 N–H and O–H groups in total. The number of benzene rings is 1. The number of hydrogen-bond acceptors (Lipinski definition) is 3. The van der Waals surface area contributed by atoms with Crippen LogP contribution in [0, 0.1) is 0 Å². The van der Waals surface area contributed by atoms with Crippen LogP contribution in [0.2, 0.25) is 0 Å². The fourth-order valence-electron chi connectivity index (χ4n) is 2.32. The fourth-order valence-corrected chi connectivity index (χ4v) is 2.98. The Morgan fingerprint density at radius 3 is 2.47 bits per heavy atom. The number of rotatable bonds is 6. The third-order valence-corrected chi connectivity index (χ3v) is 4.22. The molecule has 0 aliphatic rings. The third kappa shape index (κ3) is 3.58. The Labute approximate surface area is 120 Å². The molecule has 1 aromatic heterocycles. The van der Waals surface area contributed by atoms with Gasteiger partial charge >= 0.3 is 0 Å². The van der Waals surface area contributed by atoms with Gasteiger partial charge in [-0.3, -0.25) is 0 Å². The maximum absolute atomic E-state index is 3.34. The van der Waals surface area contributed by atoms with E-state index in [-0.39, 0.29) is 0 Å². The second kappa shape index (κ2) is 6.73. The van der Waals surface area contributed by atoms with Crippen LogP contribution in [0.1, 0.15) is 30.5 Å². The molecule has 0 radical (unpaired) electrons. The molecule has 1 atom stereocenters. The third-order valence-electron chi connectivity index (χ3n) is 3.49. The summed E-state index contributed by atoms with van der Waals surface area (Å²) in [5.41, 5.74) is 4.00. The Morgan fingerprint density at radius 2 is 1.95 bits per heavy atom. The van der Waals surface area contributed by atoms with Gasteiger partial charge in [-0.1, -0.05) is 19.1 Å². The van der Waals surface area contributed by atoms with Gasteiger partial charge in [-0.15, -0.1) is 0 Å². The van der Waals surface area contributed by atoms with E-state index in [0.29, 0.717) is 6.04 Å². The number of anilines is 1. The van der Waals surface area contributed by atoms with Crippen molar-refractivity contribution in [1.82, 2.24) is 5.32 Å². The van der Waals surface area contributed by atoms with Crippen molar-refractivity contribution in [2.24, 2.45) is 0 Å². The summed E-state index contributed by atoms with van der Waals surface area (Å²) < 4.78 is 0. The predicted octanol–water partition coefficient (Wildman–Crippen LogP) is 4.06. The van der Waals surface area contributed by atoms with Gasteiger partial charge < -0.3 is 10.2 Å². The van der Waals surface area contributed by atoms with Crippen LogP contribution in [0.15, 0.2) is 41.1 Å². The molecule has 0 saturated carbocycles.